The van der Waals surface area contributed by atoms with Crippen LogP contribution in [0.5, 0.6) is 11.5 Å². The van der Waals surface area contributed by atoms with E-state index >= 15 is 0 Å². The number of nitrogens with zero attached hydrogens (tertiary/aromatic N) is 2. The molecule has 0 atom stereocenters. The fourth-order valence-corrected chi connectivity index (χ4v) is 4.91. The Morgan fingerprint density at radius 2 is 1.83 bits per heavy atom. The maximum Gasteiger partial charge on any atom is 0.511 e. The van der Waals surface area contributed by atoms with E-state index < -0.39 is 6.16 Å². The standard InChI is InChI=1S/C27H29N3O6/c1-34-19-5-7-21-24(16-26(31)36-25(21)15-19)30-12-10-29(11-13-30)9-3-2-4-18-17-28-23-8-6-20(14-22(18)23)35-27(32)33/h5-8,14-17,28H,2-4,9-13H2,1H3,(H,32,33). The maximum absolute atomic E-state index is 12.2. The summed E-state index contributed by atoms with van der Waals surface area (Å²) >= 11 is 0. The fourth-order valence-electron chi connectivity index (χ4n) is 4.91. The molecule has 1 aliphatic heterocycles. The van der Waals surface area contributed by atoms with E-state index in [1.165, 1.54) is 0 Å². The molecular weight excluding hydrogens is 462 g/mol. The highest BCUT2D eigenvalue weighted by Gasteiger charge is 2.20. The van der Waals surface area contributed by atoms with Gasteiger partial charge in [0.2, 0.25) is 0 Å². The molecule has 0 unspecified atom stereocenters. The molecule has 0 spiro atoms. The first kappa shape index (κ1) is 23.7. The van der Waals surface area contributed by atoms with Crippen molar-refractivity contribution in [2.45, 2.75) is 19.3 Å². The number of hydrogen-bond donors (Lipinski definition) is 2. The minimum atomic E-state index is -1.31. The monoisotopic (exact) mass is 491 g/mol. The van der Waals surface area contributed by atoms with E-state index in [1.807, 2.05) is 24.4 Å². The SMILES string of the molecule is COc1ccc2c(N3CCN(CCCCc4c[nH]c5ccc(OC(=O)O)cc45)CC3)cc(=O)oc2c1. The number of carboxylic acid groups (broad SMARTS) is 1. The number of nitrogens with one attached hydrogen (secondary N) is 1. The van der Waals surface area contributed by atoms with Crippen molar-refractivity contribution in [3.05, 3.63) is 64.6 Å². The summed E-state index contributed by atoms with van der Waals surface area (Å²) in [6, 6.07) is 12.4. The van der Waals surface area contributed by atoms with Gasteiger partial charge in [0.15, 0.2) is 0 Å². The van der Waals surface area contributed by atoms with Crippen LogP contribution >= 0.6 is 0 Å². The lowest BCUT2D eigenvalue weighted by molar-refractivity contribution is 0.144. The lowest BCUT2D eigenvalue weighted by Crippen LogP contribution is -2.46. The Bertz CT molecular complexity index is 1430. The van der Waals surface area contributed by atoms with Crippen molar-refractivity contribution < 1.29 is 23.8 Å². The molecule has 1 saturated heterocycles. The Morgan fingerprint density at radius 1 is 1.03 bits per heavy atom. The van der Waals surface area contributed by atoms with Crippen molar-refractivity contribution >= 4 is 33.7 Å². The summed E-state index contributed by atoms with van der Waals surface area (Å²) in [6.07, 6.45) is 3.69. The van der Waals surface area contributed by atoms with Crippen LogP contribution in [0.15, 0.2) is 57.9 Å². The summed E-state index contributed by atoms with van der Waals surface area (Å²) in [5.41, 5.74) is 3.23. The number of unbranched alkanes of at least 4 members (excludes halogenated alkanes) is 1. The molecule has 2 aromatic carbocycles. The molecule has 2 aromatic heterocycles. The zero-order valence-electron chi connectivity index (χ0n) is 20.2. The first-order chi connectivity index (χ1) is 17.5. The molecule has 0 saturated carbocycles. The average Bonchev–Trinajstić information content (AvgIpc) is 3.28. The number of aromatic amines is 1. The van der Waals surface area contributed by atoms with Gasteiger partial charge in [-0.2, -0.15) is 0 Å². The zero-order chi connectivity index (χ0) is 25.1. The Hall–Kier alpha value is -3.98. The second-order valence-corrected chi connectivity index (χ2v) is 8.99. The summed E-state index contributed by atoms with van der Waals surface area (Å²) in [6.45, 7) is 4.57. The number of piperazine rings is 1. The third-order valence-electron chi connectivity index (χ3n) is 6.76. The normalized spacial score (nSPS) is 14.4. The molecule has 5 rings (SSSR count). The zero-order valence-corrected chi connectivity index (χ0v) is 20.2. The predicted octanol–water partition coefficient (Wildman–Crippen LogP) is 4.48. The van der Waals surface area contributed by atoms with Gasteiger partial charge in [-0.1, -0.05) is 0 Å². The average molecular weight is 492 g/mol. The molecule has 0 aliphatic carbocycles. The van der Waals surface area contributed by atoms with E-state index in [2.05, 4.69) is 14.8 Å². The summed E-state index contributed by atoms with van der Waals surface area (Å²) in [4.78, 5) is 30.9. The van der Waals surface area contributed by atoms with Gasteiger partial charge in [-0.3, -0.25) is 4.90 Å². The molecule has 0 amide bonds. The molecule has 9 heteroatoms. The van der Waals surface area contributed by atoms with Crippen molar-refractivity contribution in [2.75, 3.05) is 44.7 Å². The molecule has 0 bridgehead atoms. The highest BCUT2D eigenvalue weighted by molar-refractivity contribution is 5.91. The van der Waals surface area contributed by atoms with Crippen LogP contribution < -0.4 is 20.0 Å². The smallest absolute Gasteiger partial charge is 0.497 e. The van der Waals surface area contributed by atoms with Gasteiger partial charge in [0.1, 0.15) is 17.1 Å². The number of benzene rings is 2. The van der Waals surface area contributed by atoms with Gasteiger partial charge in [-0.15, -0.1) is 0 Å². The number of carbonyl (C=O) groups is 1. The summed E-state index contributed by atoms with van der Waals surface area (Å²) in [5.74, 6) is 0.992. The van der Waals surface area contributed by atoms with Crippen molar-refractivity contribution in [3.8, 4) is 11.5 Å². The van der Waals surface area contributed by atoms with Crippen LogP contribution in [0.3, 0.4) is 0 Å². The number of hydrogen-bond acceptors (Lipinski definition) is 7. The van der Waals surface area contributed by atoms with Crippen LogP contribution in [0.25, 0.3) is 21.9 Å². The van der Waals surface area contributed by atoms with E-state index in [9.17, 15) is 9.59 Å². The van der Waals surface area contributed by atoms with Crippen LogP contribution in [0.1, 0.15) is 18.4 Å². The topological polar surface area (TPSA) is 108 Å². The Morgan fingerprint density at radius 3 is 2.61 bits per heavy atom. The molecule has 0 radical (unpaired) electrons. The Labute approximate surface area is 207 Å². The van der Waals surface area contributed by atoms with Crippen LogP contribution in [0, 0.1) is 0 Å². The largest absolute Gasteiger partial charge is 0.511 e. The van der Waals surface area contributed by atoms with E-state index in [0.717, 1.165) is 79.5 Å². The molecule has 1 aliphatic rings. The molecule has 2 N–H and O–H groups in total. The van der Waals surface area contributed by atoms with Crippen LogP contribution in [0.2, 0.25) is 0 Å². The van der Waals surface area contributed by atoms with E-state index in [-0.39, 0.29) is 5.63 Å². The third kappa shape index (κ3) is 5.16. The van der Waals surface area contributed by atoms with E-state index in [1.54, 1.807) is 31.4 Å². The number of aryl methyl sites for hydroxylation is 1. The molecule has 3 heterocycles. The number of H-pyrrole nitrogens is 1. The third-order valence-corrected chi connectivity index (χ3v) is 6.76. The van der Waals surface area contributed by atoms with Crippen LogP contribution in [0.4, 0.5) is 10.5 Å². The summed E-state index contributed by atoms with van der Waals surface area (Å²) in [5, 5.41) is 10.8. The minimum absolute atomic E-state index is 0.330. The lowest BCUT2D eigenvalue weighted by Gasteiger charge is -2.36. The maximum atomic E-state index is 12.2. The van der Waals surface area contributed by atoms with Crippen LogP contribution in [-0.2, 0) is 6.42 Å². The lowest BCUT2D eigenvalue weighted by atomic mass is 10.1. The number of aromatic nitrogens is 1. The minimum Gasteiger partial charge on any atom is -0.497 e. The predicted molar refractivity (Wildman–Crippen MR) is 138 cm³/mol. The highest BCUT2D eigenvalue weighted by atomic mass is 16.7. The second kappa shape index (κ2) is 10.3. The molecule has 1 fully saturated rings. The number of methoxy groups -OCH3 is 1. The van der Waals surface area contributed by atoms with Gasteiger partial charge in [-0.25, -0.2) is 9.59 Å². The summed E-state index contributed by atoms with van der Waals surface area (Å²) < 4.78 is 15.5. The molecule has 9 nitrogen and oxygen atoms in total. The van der Waals surface area contributed by atoms with Crippen molar-refractivity contribution in [1.82, 2.24) is 9.88 Å². The number of anilines is 1. The van der Waals surface area contributed by atoms with Crippen molar-refractivity contribution in [3.63, 3.8) is 0 Å². The summed E-state index contributed by atoms with van der Waals surface area (Å²) in [7, 11) is 1.59. The first-order valence-electron chi connectivity index (χ1n) is 12.1. The van der Waals surface area contributed by atoms with Crippen molar-refractivity contribution in [2.24, 2.45) is 0 Å². The van der Waals surface area contributed by atoms with Gasteiger partial charge < -0.3 is 28.9 Å². The van der Waals surface area contributed by atoms with Gasteiger partial charge in [0, 0.05) is 60.8 Å². The van der Waals surface area contributed by atoms with Gasteiger partial charge in [0.25, 0.3) is 0 Å². The molecule has 188 valence electrons. The van der Waals surface area contributed by atoms with Gasteiger partial charge in [-0.05, 0) is 61.7 Å². The highest BCUT2D eigenvalue weighted by Crippen LogP contribution is 2.29. The molecule has 36 heavy (non-hydrogen) atoms. The number of rotatable bonds is 8. The number of fused-ring (bicyclic) bond motifs is 2. The molecular formula is C27H29N3O6. The van der Waals surface area contributed by atoms with Crippen LogP contribution in [-0.4, -0.2) is 61.0 Å². The Kier molecular flexibility index (Phi) is 6.81. The number of ether oxygens (including phenoxy) is 2. The second-order valence-electron chi connectivity index (χ2n) is 8.99. The van der Waals surface area contributed by atoms with Gasteiger partial charge in [0.05, 0.1) is 12.8 Å². The quantitative estimate of drug-likeness (QED) is 0.161. The van der Waals surface area contributed by atoms with Gasteiger partial charge >= 0.3 is 11.8 Å². The molecule has 4 aromatic rings. The van der Waals surface area contributed by atoms with E-state index in [0.29, 0.717) is 17.1 Å². The fraction of sp³-hybridized carbons (Fsp3) is 0.333. The first-order valence-corrected chi connectivity index (χ1v) is 12.1. The Balaban J connectivity index is 1.14. The van der Waals surface area contributed by atoms with Crippen molar-refractivity contribution in [1.29, 1.82) is 0 Å². The van der Waals surface area contributed by atoms with E-state index in [4.69, 9.17) is 19.0 Å².